The maximum atomic E-state index is 5.96. The summed E-state index contributed by atoms with van der Waals surface area (Å²) < 4.78 is 0. The van der Waals surface area contributed by atoms with E-state index in [-0.39, 0.29) is 0 Å². The zero-order chi connectivity index (χ0) is 11.4. The molecule has 1 aromatic heterocycles. The van der Waals surface area contributed by atoms with Crippen LogP contribution < -0.4 is 4.90 Å². The van der Waals surface area contributed by atoms with Crippen LogP contribution in [-0.2, 0) is 5.88 Å². The summed E-state index contributed by atoms with van der Waals surface area (Å²) in [4.78, 5) is 10.2. The lowest BCUT2D eigenvalue weighted by molar-refractivity contribution is 0.654. The predicted molar refractivity (Wildman–Crippen MR) is 64.8 cm³/mol. The Bertz CT molecular complexity index is 330. The molecule has 15 heavy (non-hydrogen) atoms. The first-order chi connectivity index (χ1) is 7.11. The summed E-state index contributed by atoms with van der Waals surface area (Å²) in [6.07, 6.45) is 2.51. The second-order valence-electron chi connectivity index (χ2n) is 3.47. The first kappa shape index (κ1) is 12.5. The SMILES string of the molecule is CCC(C)N(C)c1ncnc(Cl)c1CCl. The van der Waals surface area contributed by atoms with Gasteiger partial charge in [-0.05, 0) is 13.3 Å². The summed E-state index contributed by atoms with van der Waals surface area (Å²) in [5.74, 6) is 1.15. The van der Waals surface area contributed by atoms with E-state index in [1.54, 1.807) is 0 Å². The minimum absolute atomic E-state index is 0.329. The van der Waals surface area contributed by atoms with Gasteiger partial charge in [-0.1, -0.05) is 18.5 Å². The van der Waals surface area contributed by atoms with E-state index in [1.165, 1.54) is 6.33 Å². The number of hydrogen-bond acceptors (Lipinski definition) is 3. The van der Waals surface area contributed by atoms with Crippen molar-refractivity contribution < 1.29 is 0 Å². The summed E-state index contributed by atoms with van der Waals surface area (Å²) in [5, 5.41) is 0.435. The third kappa shape index (κ3) is 2.73. The van der Waals surface area contributed by atoms with Crippen LogP contribution >= 0.6 is 23.2 Å². The first-order valence-electron chi connectivity index (χ1n) is 4.90. The predicted octanol–water partition coefficient (Wildman–Crippen LogP) is 3.10. The van der Waals surface area contributed by atoms with Crippen molar-refractivity contribution in [2.75, 3.05) is 11.9 Å². The normalized spacial score (nSPS) is 12.6. The Hall–Kier alpha value is -0.540. The van der Waals surface area contributed by atoms with Gasteiger partial charge in [0, 0.05) is 18.7 Å². The highest BCUT2D eigenvalue weighted by Crippen LogP contribution is 2.25. The molecule has 0 aliphatic rings. The van der Waals surface area contributed by atoms with Crippen molar-refractivity contribution in [2.24, 2.45) is 0 Å². The number of nitrogens with zero attached hydrogens (tertiary/aromatic N) is 3. The van der Waals surface area contributed by atoms with Gasteiger partial charge in [0.05, 0.1) is 5.88 Å². The topological polar surface area (TPSA) is 29.0 Å². The summed E-state index contributed by atoms with van der Waals surface area (Å²) in [7, 11) is 1.99. The smallest absolute Gasteiger partial charge is 0.138 e. The fourth-order valence-corrected chi connectivity index (χ4v) is 1.79. The third-order valence-corrected chi connectivity index (χ3v) is 3.18. The van der Waals surface area contributed by atoms with Crippen LogP contribution in [0.3, 0.4) is 0 Å². The van der Waals surface area contributed by atoms with Crippen LogP contribution in [0.1, 0.15) is 25.8 Å². The lowest BCUT2D eigenvalue weighted by atomic mass is 10.2. The van der Waals surface area contributed by atoms with Gasteiger partial charge < -0.3 is 4.90 Å². The monoisotopic (exact) mass is 247 g/mol. The molecule has 1 rings (SSSR count). The van der Waals surface area contributed by atoms with E-state index in [4.69, 9.17) is 23.2 Å². The Labute approximate surface area is 100 Å². The fourth-order valence-electron chi connectivity index (χ4n) is 1.28. The van der Waals surface area contributed by atoms with Gasteiger partial charge in [0.2, 0.25) is 0 Å². The third-order valence-electron chi connectivity index (χ3n) is 2.59. The Morgan fingerprint density at radius 2 is 2.13 bits per heavy atom. The van der Waals surface area contributed by atoms with Crippen LogP contribution in [0.15, 0.2) is 6.33 Å². The van der Waals surface area contributed by atoms with Gasteiger partial charge in [-0.2, -0.15) is 0 Å². The van der Waals surface area contributed by atoms with Crippen molar-refractivity contribution in [3.8, 4) is 0 Å². The Balaban J connectivity index is 3.07. The fraction of sp³-hybridized carbons (Fsp3) is 0.600. The molecule has 1 unspecified atom stereocenters. The molecule has 0 bridgehead atoms. The number of halogens is 2. The Morgan fingerprint density at radius 1 is 1.47 bits per heavy atom. The molecule has 5 heteroatoms. The summed E-state index contributed by atoms with van der Waals surface area (Å²) in [6.45, 7) is 4.26. The van der Waals surface area contributed by atoms with Crippen molar-refractivity contribution in [3.05, 3.63) is 17.0 Å². The highest BCUT2D eigenvalue weighted by Gasteiger charge is 2.15. The zero-order valence-electron chi connectivity index (χ0n) is 9.17. The molecule has 0 fully saturated rings. The molecule has 0 aliphatic carbocycles. The number of aromatic nitrogens is 2. The largest absolute Gasteiger partial charge is 0.357 e. The van der Waals surface area contributed by atoms with Crippen molar-refractivity contribution in [1.29, 1.82) is 0 Å². The van der Waals surface area contributed by atoms with Gasteiger partial charge in [0.25, 0.3) is 0 Å². The molecule has 0 saturated heterocycles. The molecule has 0 N–H and O–H groups in total. The lowest BCUT2D eigenvalue weighted by Crippen LogP contribution is -2.29. The maximum absolute atomic E-state index is 5.96. The molecule has 0 spiro atoms. The quantitative estimate of drug-likeness (QED) is 0.605. The summed E-state index contributed by atoms with van der Waals surface area (Å²) >= 11 is 11.8. The molecular weight excluding hydrogens is 233 g/mol. The minimum Gasteiger partial charge on any atom is -0.357 e. The van der Waals surface area contributed by atoms with Gasteiger partial charge >= 0.3 is 0 Å². The first-order valence-corrected chi connectivity index (χ1v) is 5.81. The Morgan fingerprint density at radius 3 is 2.67 bits per heavy atom. The second kappa shape index (κ2) is 5.52. The van der Waals surface area contributed by atoms with Crippen LogP contribution in [0.5, 0.6) is 0 Å². The molecule has 0 aromatic carbocycles. The second-order valence-corrected chi connectivity index (χ2v) is 4.09. The average Bonchev–Trinajstić information content (AvgIpc) is 2.26. The molecule has 0 amide bonds. The molecule has 1 atom stereocenters. The molecule has 0 aliphatic heterocycles. The summed E-state index contributed by atoms with van der Waals surface area (Å²) in [6, 6.07) is 0.401. The van der Waals surface area contributed by atoms with E-state index in [0.29, 0.717) is 17.1 Å². The molecular formula is C10H15Cl2N3. The Kier molecular flexibility index (Phi) is 4.61. The summed E-state index contributed by atoms with van der Waals surface area (Å²) in [5.41, 5.74) is 0.795. The lowest BCUT2D eigenvalue weighted by Gasteiger charge is -2.26. The van der Waals surface area contributed by atoms with E-state index in [1.807, 2.05) is 7.05 Å². The van der Waals surface area contributed by atoms with Crippen LogP contribution in [-0.4, -0.2) is 23.1 Å². The van der Waals surface area contributed by atoms with Crippen molar-refractivity contribution in [2.45, 2.75) is 32.2 Å². The molecule has 3 nitrogen and oxygen atoms in total. The van der Waals surface area contributed by atoms with Crippen molar-refractivity contribution in [1.82, 2.24) is 9.97 Å². The molecule has 0 radical (unpaired) electrons. The van der Waals surface area contributed by atoms with Crippen LogP contribution in [0.2, 0.25) is 5.15 Å². The van der Waals surface area contributed by atoms with E-state index in [0.717, 1.165) is 17.8 Å². The van der Waals surface area contributed by atoms with Gasteiger partial charge in [-0.15, -0.1) is 11.6 Å². The molecule has 84 valence electrons. The van der Waals surface area contributed by atoms with E-state index < -0.39 is 0 Å². The van der Waals surface area contributed by atoms with E-state index in [9.17, 15) is 0 Å². The highest BCUT2D eigenvalue weighted by molar-refractivity contribution is 6.31. The number of hydrogen-bond donors (Lipinski definition) is 0. The van der Waals surface area contributed by atoms with Crippen molar-refractivity contribution >= 4 is 29.0 Å². The van der Waals surface area contributed by atoms with E-state index in [2.05, 4.69) is 28.7 Å². The van der Waals surface area contributed by atoms with Crippen LogP contribution in [0.25, 0.3) is 0 Å². The minimum atomic E-state index is 0.329. The number of anilines is 1. The molecule has 1 aromatic rings. The van der Waals surface area contributed by atoms with Gasteiger partial charge in [0.1, 0.15) is 17.3 Å². The van der Waals surface area contributed by atoms with Gasteiger partial charge in [-0.3, -0.25) is 0 Å². The number of alkyl halides is 1. The molecule has 1 heterocycles. The number of rotatable bonds is 4. The molecule has 0 saturated carbocycles. The van der Waals surface area contributed by atoms with E-state index >= 15 is 0 Å². The highest BCUT2D eigenvalue weighted by atomic mass is 35.5. The van der Waals surface area contributed by atoms with Crippen molar-refractivity contribution in [3.63, 3.8) is 0 Å². The van der Waals surface area contributed by atoms with Crippen LogP contribution in [0.4, 0.5) is 5.82 Å². The zero-order valence-corrected chi connectivity index (χ0v) is 10.7. The standard InChI is InChI=1S/C10H15Cl2N3/c1-4-7(2)15(3)10-8(5-11)9(12)13-6-14-10/h6-7H,4-5H2,1-3H3. The maximum Gasteiger partial charge on any atom is 0.138 e. The van der Waals surface area contributed by atoms with Crippen LogP contribution in [0, 0.1) is 0 Å². The van der Waals surface area contributed by atoms with Gasteiger partial charge in [-0.25, -0.2) is 9.97 Å². The van der Waals surface area contributed by atoms with Gasteiger partial charge in [0.15, 0.2) is 0 Å². The average molecular weight is 248 g/mol.